The van der Waals surface area contributed by atoms with E-state index in [0.717, 1.165) is 18.5 Å². The molecule has 2 heterocycles. The number of aromatic nitrogens is 4. The van der Waals surface area contributed by atoms with Gasteiger partial charge in [-0.25, -0.2) is 0 Å². The minimum absolute atomic E-state index is 0.608. The molecule has 140 valence electrons. The molecule has 3 aromatic rings. The van der Waals surface area contributed by atoms with Gasteiger partial charge in [-0.1, -0.05) is 67.1 Å². The third-order valence-electron chi connectivity index (χ3n) is 5.34. The van der Waals surface area contributed by atoms with Crippen molar-refractivity contribution in [2.45, 2.75) is 44.7 Å². The zero-order valence-corrected chi connectivity index (χ0v) is 15.7. The van der Waals surface area contributed by atoms with Gasteiger partial charge in [0, 0.05) is 11.6 Å². The standard InChI is InChI=1S/C22H27N5/c1-4-11-19(12-5-1)21-15-10-17-26(21)16-8-3-9-18-27-24-22(23-25-27)20-13-6-2-7-14-20/h1-2,4-7,11-14,21H,3,8-10,15-18H2. The number of rotatable bonds is 8. The summed E-state index contributed by atoms with van der Waals surface area (Å²) in [7, 11) is 0. The first kappa shape index (κ1) is 17.9. The number of benzene rings is 2. The molecule has 5 nitrogen and oxygen atoms in total. The maximum atomic E-state index is 4.49. The zero-order chi connectivity index (χ0) is 18.3. The molecule has 0 bridgehead atoms. The molecule has 1 unspecified atom stereocenters. The fraction of sp³-hybridized carbons (Fsp3) is 0.409. The first-order valence-electron chi connectivity index (χ1n) is 10.0. The number of hydrogen-bond donors (Lipinski definition) is 0. The van der Waals surface area contributed by atoms with Crippen molar-refractivity contribution in [2.75, 3.05) is 13.1 Å². The Morgan fingerprint density at radius 1 is 0.852 bits per heavy atom. The lowest BCUT2D eigenvalue weighted by Crippen LogP contribution is -2.24. The Morgan fingerprint density at radius 3 is 2.41 bits per heavy atom. The Bertz CT molecular complexity index is 815. The highest BCUT2D eigenvalue weighted by Crippen LogP contribution is 2.31. The topological polar surface area (TPSA) is 46.8 Å². The predicted molar refractivity (Wildman–Crippen MR) is 107 cm³/mol. The van der Waals surface area contributed by atoms with Crippen LogP contribution in [0.15, 0.2) is 60.7 Å². The molecule has 0 amide bonds. The number of aryl methyl sites for hydroxylation is 1. The van der Waals surface area contributed by atoms with Crippen molar-refractivity contribution in [1.82, 2.24) is 25.1 Å². The highest BCUT2D eigenvalue weighted by Gasteiger charge is 2.24. The van der Waals surface area contributed by atoms with Gasteiger partial charge in [0.15, 0.2) is 0 Å². The Labute approximate surface area is 161 Å². The van der Waals surface area contributed by atoms with E-state index < -0.39 is 0 Å². The van der Waals surface area contributed by atoms with Crippen molar-refractivity contribution in [3.05, 3.63) is 66.2 Å². The SMILES string of the molecule is c1ccc(-c2nnn(CCCCCN3CCCC3c3ccccc3)n2)cc1. The molecule has 2 aromatic carbocycles. The zero-order valence-electron chi connectivity index (χ0n) is 15.7. The quantitative estimate of drug-likeness (QED) is 0.560. The third kappa shape index (κ3) is 4.61. The van der Waals surface area contributed by atoms with E-state index in [1.807, 2.05) is 30.3 Å². The lowest BCUT2D eigenvalue weighted by atomic mass is 10.0. The van der Waals surface area contributed by atoms with Gasteiger partial charge in [-0.15, -0.1) is 10.2 Å². The molecule has 27 heavy (non-hydrogen) atoms. The van der Waals surface area contributed by atoms with Gasteiger partial charge in [0.25, 0.3) is 0 Å². The van der Waals surface area contributed by atoms with Crippen LogP contribution in [0.25, 0.3) is 11.4 Å². The van der Waals surface area contributed by atoms with Gasteiger partial charge in [-0.05, 0) is 49.5 Å². The lowest BCUT2D eigenvalue weighted by molar-refractivity contribution is 0.250. The summed E-state index contributed by atoms with van der Waals surface area (Å²) in [6.07, 6.45) is 6.11. The summed E-state index contributed by atoms with van der Waals surface area (Å²) in [6.45, 7) is 3.24. The normalized spacial score (nSPS) is 17.4. The van der Waals surface area contributed by atoms with Crippen LogP contribution >= 0.6 is 0 Å². The maximum absolute atomic E-state index is 4.49. The van der Waals surface area contributed by atoms with E-state index in [0.29, 0.717) is 11.9 Å². The average molecular weight is 361 g/mol. The van der Waals surface area contributed by atoms with Crippen LogP contribution < -0.4 is 0 Å². The van der Waals surface area contributed by atoms with E-state index in [1.165, 1.54) is 44.3 Å². The Morgan fingerprint density at radius 2 is 1.59 bits per heavy atom. The van der Waals surface area contributed by atoms with Crippen molar-refractivity contribution < 1.29 is 0 Å². The minimum Gasteiger partial charge on any atom is -0.296 e. The van der Waals surface area contributed by atoms with E-state index in [-0.39, 0.29) is 0 Å². The molecule has 1 fully saturated rings. The van der Waals surface area contributed by atoms with Crippen LogP contribution in [0.3, 0.4) is 0 Å². The summed E-state index contributed by atoms with van der Waals surface area (Å²) in [6, 6.07) is 21.6. The predicted octanol–water partition coefficient (Wildman–Crippen LogP) is 4.35. The number of likely N-dealkylation sites (tertiary alicyclic amines) is 1. The van der Waals surface area contributed by atoms with Crippen molar-refractivity contribution >= 4 is 0 Å². The van der Waals surface area contributed by atoms with Gasteiger partial charge in [0.2, 0.25) is 5.82 Å². The Kier molecular flexibility index (Phi) is 5.89. The van der Waals surface area contributed by atoms with Crippen LogP contribution in [-0.4, -0.2) is 38.2 Å². The van der Waals surface area contributed by atoms with E-state index in [9.17, 15) is 0 Å². The monoisotopic (exact) mass is 361 g/mol. The van der Waals surface area contributed by atoms with E-state index in [4.69, 9.17) is 0 Å². The average Bonchev–Trinajstić information content (AvgIpc) is 3.39. The molecule has 4 rings (SSSR count). The van der Waals surface area contributed by atoms with Crippen LogP contribution in [-0.2, 0) is 6.54 Å². The van der Waals surface area contributed by atoms with Gasteiger partial charge in [-0.2, -0.15) is 4.80 Å². The molecule has 0 N–H and O–H groups in total. The van der Waals surface area contributed by atoms with Crippen LogP contribution in [0.4, 0.5) is 0 Å². The summed E-state index contributed by atoms with van der Waals surface area (Å²) < 4.78 is 0. The molecule has 1 aliphatic rings. The molecular weight excluding hydrogens is 334 g/mol. The van der Waals surface area contributed by atoms with E-state index in [2.05, 4.69) is 50.6 Å². The molecule has 5 heteroatoms. The van der Waals surface area contributed by atoms with E-state index >= 15 is 0 Å². The summed E-state index contributed by atoms with van der Waals surface area (Å²) in [5, 5.41) is 12.8. The van der Waals surface area contributed by atoms with Gasteiger partial charge in [-0.3, -0.25) is 4.90 Å². The van der Waals surface area contributed by atoms with E-state index in [1.54, 1.807) is 4.80 Å². The maximum Gasteiger partial charge on any atom is 0.204 e. The highest BCUT2D eigenvalue weighted by molar-refractivity contribution is 5.52. The second kappa shape index (κ2) is 8.91. The van der Waals surface area contributed by atoms with Crippen molar-refractivity contribution in [3.8, 4) is 11.4 Å². The number of unbranched alkanes of at least 4 members (excludes halogenated alkanes) is 2. The fourth-order valence-electron chi connectivity index (χ4n) is 3.93. The van der Waals surface area contributed by atoms with Crippen LogP contribution in [0.2, 0.25) is 0 Å². The molecule has 0 spiro atoms. The molecular formula is C22H27N5. The molecule has 1 saturated heterocycles. The van der Waals surface area contributed by atoms with Gasteiger partial charge >= 0.3 is 0 Å². The molecule has 1 atom stereocenters. The summed E-state index contributed by atoms with van der Waals surface area (Å²) >= 11 is 0. The second-order valence-corrected chi connectivity index (χ2v) is 7.24. The van der Waals surface area contributed by atoms with Crippen molar-refractivity contribution in [1.29, 1.82) is 0 Å². The highest BCUT2D eigenvalue weighted by atomic mass is 15.6. The van der Waals surface area contributed by atoms with Crippen LogP contribution in [0.5, 0.6) is 0 Å². The summed E-state index contributed by atoms with van der Waals surface area (Å²) in [5.74, 6) is 0.707. The minimum atomic E-state index is 0.608. The summed E-state index contributed by atoms with van der Waals surface area (Å²) in [5.41, 5.74) is 2.49. The van der Waals surface area contributed by atoms with Crippen molar-refractivity contribution in [3.63, 3.8) is 0 Å². The van der Waals surface area contributed by atoms with Crippen LogP contribution in [0.1, 0.15) is 43.7 Å². The number of tetrazole rings is 1. The van der Waals surface area contributed by atoms with Crippen molar-refractivity contribution in [2.24, 2.45) is 0 Å². The number of hydrogen-bond acceptors (Lipinski definition) is 4. The summed E-state index contributed by atoms with van der Waals surface area (Å²) in [4.78, 5) is 4.38. The Hall–Kier alpha value is -2.53. The molecule has 0 aliphatic carbocycles. The fourth-order valence-corrected chi connectivity index (χ4v) is 3.93. The second-order valence-electron chi connectivity index (χ2n) is 7.24. The first-order chi connectivity index (χ1) is 13.4. The lowest BCUT2D eigenvalue weighted by Gasteiger charge is -2.24. The smallest absolute Gasteiger partial charge is 0.204 e. The largest absolute Gasteiger partial charge is 0.296 e. The number of nitrogens with zero attached hydrogens (tertiary/aromatic N) is 5. The van der Waals surface area contributed by atoms with Gasteiger partial charge in [0.05, 0.1) is 6.54 Å². The molecule has 0 saturated carbocycles. The molecule has 1 aromatic heterocycles. The van der Waals surface area contributed by atoms with Crippen LogP contribution in [0, 0.1) is 0 Å². The molecule has 0 radical (unpaired) electrons. The Balaban J connectivity index is 1.20. The van der Waals surface area contributed by atoms with Gasteiger partial charge in [0.1, 0.15) is 0 Å². The third-order valence-corrected chi connectivity index (χ3v) is 5.34. The molecule has 1 aliphatic heterocycles. The first-order valence-corrected chi connectivity index (χ1v) is 10.0. The van der Waals surface area contributed by atoms with Gasteiger partial charge < -0.3 is 0 Å².